The van der Waals surface area contributed by atoms with Crippen molar-refractivity contribution in [1.29, 1.82) is 0 Å². The number of carbonyl (C=O) groups excluding carboxylic acids is 2. The molecule has 0 saturated heterocycles. The van der Waals surface area contributed by atoms with Crippen LogP contribution in [0.25, 0.3) is 0 Å². The Labute approximate surface area is 129 Å². The van der Waals surface area contributed by atoms with Crippen LogP contribution in [0.3, 0.4) is 0 Å². The molecule has 6 heteroatoms. The number of carbonyl (C=O) groups is 2. The summed E-state index contributed by atoms with van der Waals surface area (Å²) in [5.41, 5.74) is 0.632. The van der Waals surface area contributed by atoms with Crippen molar-refractivity contribution in [2.75, 3.05) is 11.9 Å². The molecule has 2 rings (SSSR count). The maximum atomic E-state index is 13.0. The third-order valence-corrected chi connectivity index (χ3v) is 3.23. The summed E-state index contributed by atoms with van der Waals surface area (Å²) in [5.74, 6) is -1.77. The first kappa shape index (κ1) is 15.2. The van der Waals surface area contributed by atoms with Crippen LogP contribution in [-0.4, -0.2) is 18.5 Å². The van der Waals surface area contributed by atoms with E-state index < -0.39 is 24.3 Å². The van der Waals surface area contributed by atoms with Crippen LogP contribution < -0.4 is 5.32 Å². The topological polar surface area (TPSA) is 55.4 Å². The second-order valence-corrected chi connectivity index (χ2v) is 4.97. The van der Waals surface area contributed by atoms with Gasteiger partial charge in [-0.25, -0.2) is 9.18 Å². The lowest BCUT2D eigenvalue weighted by Gasteiger charge is -2.08. The van der Waals surface area contributed by atoms with Gasteiger partial charge in [-0.05, 0) is 46.3 Å². The van der Waals surface area contributed by atoms with Crippen LogP contribution in [0.4, 0.5) is 10.1 Å². The van der Waals surface area contributed by atoms with Gasteiger partial charge in [-0.1, -0.05) is 18.2 Å². The Hall–Kier alpha value is -2.21. The number of nitrogens with one attached hydrogen (secondary N) is 1. The Morgan fingerprint density at radius 3 is 2.62 bits per heavy atom. The normalized spacial score (nSPS) is 10.0. The summed E-state index contributed by atoms with van der Waals surface area (Å²) in [6.45, 7) is -0.448. The zero-order chi connectivity index (χ0) is 15.2. The van der Waals surface area contributed by atoms with E-state index in [1.165, 1.54) is 18.2 Å². The van der Waals surface area contributed by atoms with Gasteiger partial charge >= 0.3 is 5.97 Å². The van der Waals surface area contributed by atoms with Gasteiger partial charge < -0.3 is 10.1 Å². The number of anilines is 1. The van der Waals surface area contributed by atoms with E-state index in [0.717, 1.165) is 10.5 Å². The number of hydrogen-bond donors (Lipinski definition) is 1. The van der Waals surface area contributed by atoms with Crippen LogP contribution in [0, 0.1) is 5.82 Å². The molecule has 1 amide bonds. The van der Waals surface area contributed by atoms with Gasteiger partial charge in [0.25, 0.3) is 5.91 Å². The first-order valence-electron chi connectivity index (χ1n) is 6.03. The van der Waals surface area contributed by atoms with Crippen LogP contribution in [0.5, 0.6) is 0 Å². The van der Waals surface area contributed by atoms with Gasteiger partial charge in [-0.2, -0.15) is 0 Å². The Morgan fingerprint density at radius 2 is 1.90 bits per heavy atom. The first-order valence-corrected chi connectivity index (χ1v) is 6.82. The number of halogens is 2. The van der Waals surface area contributed by atoms with E-state index >= 15 is 0 Å². The Kier molecular flexibility index (Phi) is 5.05. The van der Waals surface area contributed by atoms with E-state index in [4.69, 9.17) is 4.74 Å². The Balaban J connectivity index is 1.90. The van der Waals surface area contributed by atoms with E-state index in [-0.39, 0.29) is 5.56 Å². The summed E-state index contributed by atoms with van der Waals surface area (Å²) in [6.07, 6.45) is 0. The highest BCUT2D eigenvalue weighted by atomic mass is 79.9. The van der Waals surface area contributed by atoms with Crippen molar-refractivity contribution in [3.8, 4) is 0 Å². The second-order valence-electron chi connectivity index (χ2n) is 4.11. The van der Waals surface area contributed by atoms with Gasteiger partial charge in [0.15, 0.2) is 6.61 Å². The van der Waals surface area contributed by atoms with Crippen molar-refractivity contribution in [2.24, 2.45) is 0 Å². The van der Waals surface area contributed by atoms with Crippen molar-refractivity contribution in [3.63, 3.8) is 0 Å². The lowest BCUT2D eigenvalue weighted by Crippen LogP contribution is -2.21. The predicted molar refractivity (Wildman–Crippen MR) is 79.5 cm³/mol. The summed E-state index contributed by atoms with van der Waals surface area (Å²) in [7, 11) is 0. The lowest BCUT2D eigenvalue weighted by atomic mass is 10.2. The van der Waals surface area contributed by atoms with Gasteiger partial charge in [0.2, 0.25) is 0 Å². The standard InChI is InChI=1S/C15H11BrFNO3/c16-12-6-1-2-7-13(12)18-14(19)9-21-15(20)10-4-3-5-11(17)8-10/h1-8H,9H2,(H,18,19). The van der Waals surface area contributed by atoms with E-state index in [1.54, 1.807) is 18.2 Å². The molecule has 0 unspecified atom stereocenters. The summed E-state index contributed by atoms with van der Waals surface area (Å²) < 4.78 is 18.5. The molecule has 0 heterocycles. The van der Waals surface area contributed by atoms with E-state index in [2.05, 4.69) is 21.2 Å². The molecular weight excluding hydrogens is 341 g/mol. The largest absolute Gasteiger partial charge is 0.452 e. The molecule has 0 spiro atoms. The molecule has 2 aromatic rings. The predicted octanol–water partition coefficient (Wildman–Crippen LogP) is 3.38. The number of ether oxygens (including phenoxy) is 1. The molecular formula is C15H11BrFNO3. The van der Waals surface area contributed by atoms with Gasteiger partial charge in [-0.3, -0.25) is 4.79 Å². The van der Waals surface area contributed by atoms with Crippen molar-refractivity contribution in [3.05, 3.63) is 64.4 Å². The highest BCUT2D eigenvalue weighted by Gasteiger charge is 2.11. The lowest BCUT2D eigenvalue weighted by molar-refractivity contribution is -0.119. The van der Waals surface area contributed by atoms with Crippen LogP contribution in [-0.2, 0) is 9.53 Å². The molecule has 0 radical (unpaired) electrons. The molecule has 2 aromatic carbocycles. The SMILES string of the molecule is O=C(COC(=O)c1cccc(F)c1)Nc1ccccc1Br. The molecule has 0 aliphatic heterocycles. The van der Waals surface area contributed by atoms with Crippen molar-refractivity contribution in [2.45, 2.75) is 0 Å². The molecule has 0 aliphatic carbocycles. The molecule has 0 aromatic heterocycles. The second kappa shape index (κ2) is 6.99. The zero-order valence-electron chi connectivity index (χ0n) is 10.8. The van der Waals surface area contributed by atoms with Gasteiger partial charge in [-0.15, -0.1) is 0 Å². The van der Waals surface area contributed by atoms with Crippen LogP contribution in [0.1, 0.15) is 10.4 Å². The zero-order valence-corrected chi connectivity index (χ0v) is 12.4. The minimum Gasteiger partial charge on any atom is -0.452 e. The fourth-order valence-corrected chi connectivity index (χ4v) is 1.96. The molecule has 0 fully saturated rings. The van der Waals surface area contributed by atoms with Gasteiger partial charge in [0, 0.05) is 4.47 Å². The number of hydrogen-bond acceptors (Lipinski definition) is 3. The monoisotopic (exact) mass is 351 g/mol. The highest BCUT2D eigenvalue weighted by molar-refractivity contribution is 9.10. The van der Waals surface area contributed by atoms with Crippen LogP contribution in [0.15, 0.2) is 53.0 Å². The minimum atomic E-state index is -0.753. The molecule has 4 nitrogen and oxygen atoms in total. The van der Waals surface area contributed by atoms with Crippen molar-refractivity contribution < 1.29 is 18.7 Å². The number of para-hydroxylation sites is 1. The Morgan fingerprint density at radius 1 is 1.14 bits per heavy atom. The molecule has 0 bridgehead atoms. The maximum Gasteiger partial charge on any atom is 0.338 e. The number of amides is 1. The summed E-state index contributed by atoms with van der Waals surface area (Å²) in [6, 6.07) is 12.1. The smallest absolute Gasteiger partial charge is 0.338 e. The Bertz CT molecular complexity index is 675. The first-order chi connectivity index (χ1) is 10.1. The van der Waals surface area contributed by atoms with Crippen LogP contribution in [0.2, 0.25) is 0 Å². The summed E-state index contributed by atoms with van der Waals surface area (Å²) in [5, 5.41) is 2.59. The van der Waals surface area contributed by atoms with E-state index in [9.17, 15) is 14.0 Å². The summed E-state index contributed by atoms with van der Waals surface area (Å²) in [4.78, 5) is 23.3. The van der Waals surface area contributed by atoms with E-state index in [0.29, 0.717) is 5.69 Å². The number of rotatable bonds is 4. The minimum absolute atomic E-state index is 0.0590. The van der Waals surface area contributed by atoms with Gasteiger partial charge in [0.1, 0.15) is 5.82 Å². The average molecular weight is 352 g/mol. The van der Waals surface area contributed by atoms with Crippen LogP contribution >= 0.6 is 15.9 Å². The third kappa shape index (κ3) is 4.39. The molecule has 21 heavy (non-hydrogen) atoms. The quantitative estimate of drug-likeness (QED) is 0.859. The number of benzene rings is 2. The summed E-state index contributed by atoms with van der Waals surface area (Å²) >= 11 is 3.29. The molecule has 0 atom stereocenters. The van der Waals surface area contributed by atoms with Gasteiger partial charge in [0.05, 0.1) is 11.3 Å². The fourth-order valence-electron chi connectivity index (χ4n) is 1.58. The molecule has 0 saturated carbocycles. The molecule has 1 N–H and O–H groups in total. The fraction of sp³-hybridized carbons (Fsp3) is 0.0667. The van der Waals surface area contributed by atoms with E-state index in [1.807, 2.05) is 6.07 Å². The number of esters is 1. The van der Waals surface area contributed by atoms with Crippen molar-refractivity contribution >= 4 is 33.5 Å². The maximum absolute atomic E-state index is 13.0. The van der Waals surface area contributed by atoms with Crippen molar-refractivity contribution in [1.82, 2.24) is 0 Å². The average Bonchev–Trinajstić information content (AvgIpc) is 2.47. The molecule has 0 aliphatic rings. The highest BCUT2D eigenvalue weighted by Crippen LogP contribution is 2.20. The third-order valence-electron chi connectivity index (χ3n) is 2.54. The molecule has 108 valence electrons.